The summed E-state index contributed by atoms with van der Waals surface area (Å²) in [5.74, 6) is 0.500. The molecule has 1 aliphatic carbocycles. The molecule has 0 unspecified atom stereocenters. The van der Waals surface area contributed by atoms with Gasteiger partial charge >= 0.3 is 6.18 Å². The third-order valence-corrected chi connectivity index (χ3v) is 5.03. The number of benzene rings is 1. The van der Waals surface area contributed by atoms with Crippen LogP contribution in [-0.4, -0.2) is 30.5 Å². The van der Waals surface area contributed by atoms with Gasteiger partial charge in [0.05, 0.1) is 11.7 Å². The van der Waals surface area contributed by atoms with Crippen LogP contribution in [0.15, 0.2) is 18.2 Å². The Labute approximate surface area is 133 Å². The molecule has 0 atom stereocenters. The summed E-state index contributed by atoms with van der Waals surface area (Å²) in [4.78, 5) is 12.4. The SMILES string of the molecule is Cc1cc(OC2CCC3(CC2)CN(C=O)C3)ccc1C(F)(F)F. The molecule has 1 saturated heterocycles. The summed E-state index contributed by atoms with van der Waals surface area (Å²) in [6, 6.07) is 3.95. The molecule has 1 heterocycles. The van der Waals surface area contributed by atoms with Gasteiger partial charge in [-0.3, -0.25) is 4.79 Å². The number of likely N-dealkylation sites (tertiary alicyclic amines) is 1. The fraction of sp³-hybridized carbons (Fsp3) is 0.588. The Morgan fingerprint density at radius 3 is 2.43 bits per heavy atom. The van der Waals surface area contributed by atoms with Crippen molar-refractivity contribution in [2.24, 2.45) is 5.41 Å². The lowest BCUT2D eigenvalue weighted by molar-refractivity contribution is -0.138. The predicted octanol–water partition coefficient (Wildman–Crippen LogP) is 3.79. The first-order chi connectivity index (χ1) is 10.8. The summed E-state index contributed by atoms with van der Waals surface area (Å²) in [6.45, 7) is 3.10. The minimum Gasteiger partial charge on any atom is -0.490 e. The maximum Gasteiger partial charge on any atom is 0.416 e. The third kappa shape index (κ3) is 3.31. The molecule has 1 spiro atoms. The summed E-state index contributed by atoms with van der Waals surface area (Å²) >= 11 is 0. The molecule has 1 aromatic carbocycles. The molecule has 2 fully saturated rings. The van der Waals surface area contributed by atoms with E-state index < -0.39 is 11.7 Å². The van der Waals surface area contributed by atoms with Crippen molar-refractivity contribution in [2.45, 2.75) is 44.9 Å². The van der Waals surface area contributed by atoms with Gasteiger partial charge in [0.1, 0.15) is 5.75 Å². The topological polar surface area (TPSA) is 29.5 Å². The molecule has 126 valence electrons. The first-order valence-corrected chi connectivity index (χ1v) is 7.85. The van der Waals surface area contributed by atoms with Gasteiger partial charge in [0.15, 0.2) is 0 Å². The van der Waals surface area contributed by atoms with Crippen molar-refractivity contribution in [3.8, 4) is 5.75 Å². The van der Waals surface area contributed by atoms with E-state index in [1.165, 1.54) is 19.1 Å². The van der Waals surface area contributed by atoms with Crippen molar-refractivity contribution < 1.29 is 22.7 Å². The maximum atomic E-state index is 12.8. The Bertz CT molecular complexity index is 584. The highest BCUT2D eigenvalue weighted by molar-refractivity contribution is 5.49. The van der Waals surface area contributed by atoms with E-state index in [0.717, 1.165) is 51.2 Å². The average molecular weight is 327 g/mol. The second-order valence-corrected chi connectivity index (χ2v) is 6.80. The number of halogens is 3. The molecule has 1 amide bonds. The van der Waals surface area contributed by atoms with Crippen LogP contribution in [0.4, 0.5) is 13.2 Å². The fourth-order valence-corrected chi connectivity index (χ4v) is 3.75. The van der Waals surface area contributed by atoms with Crippen LogP contribution in [0.5, 0.6) is 5.75 Å². The molecule has 1 aromatic rings. The second-order valence-electron chi connectivity index (χ2n) is 6.80. The van der Waals surface area contributed by atoms with E-state index in [4.69, 9.17) is 4.74 Å². The number of carbonyl (C=O) groups excluding carboxylic acids is 1. The number of amides is 1. The molecular weight excluding hydrogens is 307 g/mol. The van der Waals surface area contributed by atoms with E-state index in [9.17, 15) is 18.0 Å². The van der Waals surface area contributed by atoms with Crippen LogP contribution in [0.1, 0.15) is 36.8 Å². The standard InChI is InChI=1S/C17H20F3NO2/c1-12-8-14(2-3-15(12)17(18,19)20)23-13-4-6-16(7-5-13)9-21(10-16)11-22/h2-3,8,11,13H,4-7,9-10H2,1H3. The van der Waals surface area contributed by atoms with Gasteiger partial charge in [0, 0.05) is 18.5 Å². The lowest BCUT2D eigenvalue weighted by Crippen LogP contribution is -2.57. The summed E-state index contributed by atoms with van der Waals surface area (Å²) in [5.41, 5.74) is -0.185. The largest absolute Gasteiger partial charge is 0.490 e. The van der Waals surface area contributed by atoms with Crippen molar-refractivity contribution in [3.05, 3.63) is 29.3 Å². The summed E-state index contributed by atoms with van der Waals surface area (Å²) in [7, 11) is 0. The van der Waals surface area contributed by atoms with E-state index in [-0.39, 0.29) is 17.1 Å². The molecule has 0 bridgehead atoms. The average Bonchev–Trinajstić information content (AvgIpc) is 2.44. The Kier molecular flexibility index (Phi) is 4.02. The zero-order chi connectivity index (χ0) is 16.7. The van der Waals surface area contributed by atoms with Crippen LogP contribution in [0.3, 0.4) is 0 Å². The summed E-state index contributed by atoms with van der Waals surface area (Å²) in [5, 5.41) is 0. The van der Waals surface area contributed by atoms with Gasteiger partial charge in [-0.2, -0.15) is 13.2 Å². The molecule has 1 saturated carbocycles. The third-order valence-electron chi connectivity index (χ3n) is 5.03. The van der Waals surface area contributed by atoms with Crippen molar-refractivity contribution in [2.75, 3.05) is 13.1 Å². The maximum absolute atomic E-state index is 12.8. The number of aryl methyl sites for hydroxylation is 1. The first kappa shape index (κ1) is 16.1. The van der Waals surface area contributed by atoms with Crippen LogP contribution in [0.25, 0.3) is 0 Å². The smallest absolute Gasteiger partial charge is 0.416 e. The van der Waals surface area contributed by atoms with Gasteiger partial charge in [-0.1, -0.05) is 0 Å². The van der Waals surface area contributed by atoms with Crippen molar-refractivity contribution in [1.29, 1.82) is 0 Å². The number of carbonyl (C=O) groups is 1. The van der Waals surface area contributed by atoms with Crippen LogP contribution in [-0.2, 0) is 11.0 Å². The molecule has 0 radical (unpaired) electrons. The highest BCUT2D eigenvalue weighted by Crippen LogP contribution is 2.44. The molecule has 23 heavy (non-hydrogen) atoms. The quantitative estimate of drug-likeness (QED) is 0.791. The zero-order valence-electron chi connectivity index (χ0n) is 13.0. The Morgan fingerprint density at radius 1 is 1.26 bits per heavy atom. The van der Waals surface area contributed by atoms with Crippen LogP contribution < -0.4 is 4.74 Å². The molecule has 6 heteroatoms. The molecule has 0 aromatic heterocycles. The summed E-state index contributed by atoms with van der Waals surface area (Å²) < 4.78 is 44.2. The number of alkyl halides is 3. The van der Waals surface area contributed by atoms with Gasteiger partial charge in [-0.05, 0) is 56.4 Å². The normalized spacial score (nSPS) is 21.1. The van der Waals surface area contributed by atoms with Gasteiger partial charge in [0.2, 0.25) is 6.41 Å². The zero-order valence-corrected chi connectivity index (χ0v) is 13.0. The summed E-state index contributed by atoms with van der Waals surface area (Å²) in [6.07, 6.45) is 0.373. The Hall–Kier alpha value is -1.72. The van der Waals surface area contributed by atoms with E-state index in [0.29, 0.717) is 5.75 Å². The number of hydrogen-bond donors (Lipinski definition) is 0. The number of hydrogen-bond acceptors (Lipinski definition) is 2. The van der Waals surface area contributed by atoms with Crippen molar-refractivity contribution in [1.82, 2.24) is 4.90 Å². The molecule has 3 nitrogen and oxygen atoms in total. The molecule has 3 rings (SSSR count). The lowest BCUT2D eigenvalue weighted by Gasteiger charge is -2.52. The monoisotopic (exact) mass is 327 g/mol. The second kappa shape index (κ2) is 5.73. The highest BCUT2D eigenvalue weighted by Gasteiger charge is 2.45. The molecule has 0 N–H and O–H groups in total. The van der Waals surface area contributed by atoms with Crippen LogP contribution >= 0.6 is 0 Å². The van der Waals surface area contributed by atoms with Gasteiger partial charge in [0.25, 0.3) is 0 Å². The van der Waals surface area contributed by atoms with E-state index in [1.54, 1.807) is 4.90 Å². The van der Waals surface area contributed by atoms with E-state index >= 15 is 0 Å². The Balaban J connectivity index is 1.57. The first-order valence-electron chi connectivity index (χ1n) is 7.85. The van der Waals surface area contributed by atoms with E-state index in [2.05, 4.69) is 0 Å². The molecular formula is C17H20F3NO2. The predicted molar refractivity (Wildman–Crippen MR) is 79.1 cm³/mol. The van der Waals surface area contributed by atoms with E-state index in [1.807, 2.05) is 0 Å². The minimum absolute atomic E-state index is 0.0436. The minimum atomic E-state index is -4.32. The van der Waals surface area contributed by atoms with Gasteiger partial charge in [-0.15, -0.1) is 0 Å². The number of rotatable bonds is 3. The fourth-order valence-electron chi connectivity index (χ4n) is 3.75. The van der Waals surface area contributed by atoms with Crippen LogP contribution in [0, 0.1) is 12.3 Å². The molecule has 1 aliphatic heterocycles. The lowest BCUT2D eigenvalue weighted by atomic mass is 9.68. The molecule has 2 aliphatic rings. The van der Waals surface area contributed by atoms with Crippen LogP contribution in [0.2, 0.25) is 0 Å². The van der Waals surface area contributed by atoms with Gasteiger partial charge < -0.3 is 9.64 Å². The highest BCUT2D eigenvalue weighted by atomic mass is 19.4. The van der Waals surface area contributed by atoms with Crippen molar-refractivity contribution >= 4 is 6.41 Å². The Morgan fingerprint density at radius 2 is 1.91 bits per heavy atom. The van der Waals surface area contributed by atoms with Crippen molar-refractivity contribution in [3.63, 3.8) is 0 Å². The number of nitrogens with zero attached hydrogens (tertiary/aromatic N) is 1. The van der Waals surface area contributed by atoms with Gasteiger partial charge in [-0.25, -0.2) is 0 Å². The number of ether oxygens (including phenoxy) is 1.